The number of pyridine rings is 1. The van der Waals surface area contributed by atoms with Crippen molar-refractivity contribution in [2.24, 2.45) is 0 Å². The highest BCUT2D eigenvalue weighted by atomic mass is 16.1. The lowest BCUT2D eigenvalue weighted by Gasteiger charge is -2.03. The molecule has 1 aromatic carbocycles. The van der Waals surface area contributed by atoms with Gasteiger partial charge in [-0.15, -0.1) is 0 Å². The summed E-state index contributed by atoms with van der Waals surface area (Å²) < 4.78 is 0. The van der Waals surface area contributed by atoms with Gasteiger partial charge in [-0.05, 0) is 31.2 Å². The Morgan fingerprint density at radius 2 is 2.05 bits per heavy atom. The molecule has 2 heterocycles. The highest BCUT2D eigenvalue weighted by molar-refractivity contribution is 6.04. The maximum atomic E-state index is 12.1. The minimum absolute atomic E-state index is 0.218. The van der Waals surface area contributed by atoms with E-state index in [2.05, 4.69) is 20.3 Å². The number of aromatic amines is 1. The number of fused-ring (bicyclic) bond motifs is 1. The van der Waals surface area contributed by atoms with Gasteiger partial charge in [0.05, 0.1) is 16.6 Å². The molecule has 2 aromatic heterocycles. The van der Waals surface area contributed by atoms with Crippen LogP contribution in [0.4, 0.5) is 5.95 Å². The number of nitrogens with one attached hydrogen (secondary N) is 2. The molecule has 0 atom stereocenters. The van der Waals surface area contributed by atoms with E-state index in [1.165, 1.54) is 0 Å². The van der Waals surface area contributed by atoms with Gasteiger partial charge in [0, 0.05) is 11.9 Å². The van der Waals surface area contributed by atoms with Crippen molar-refractivity contribution in [3.63, 3.8) is 0 Å². The number of amides is 1. The van der Waals surface area contributed by atoms with E-state index in [0.717, 1.165) is 11.0 Å². The van der Waals surface area contributed by atoms with E-state index in [-0.39, 0.29) is 5.91 Å². The second-order valence-corrected chi connectivity index (χ2v) is 4.19. The molecule has 0 saturated carbocycles. The van der Waals surface area contributed by atoms with Crippen molar-refractivity contribution in [3.8, 4) is 0 Å². The van der Waals surface area contributed by atoms with Gasteiger partial charge >= 0.3 is 0 Å². The summed E-state index contributed by atoms with van der Waals surface area (Å²) in [5.41, 5.74) is 2.94. The molecule has 2 N–H and O–H groups in total. The summed E-state index contributed by atoms with van der Waals surface area (Å²) in [6.07, 6.45) is 1.66. The van der Waals surface area contributed by atoms with Gasteiger partial charge in [0.2, 0.25) is 5.95 Å². The average molecular weight is 252 g/mol. The second kappa shape index (κ2) is 4.53. The molecule has 0 bridgehead atoms. The molecule has 1 amide bonds. The number of benzene rings is 1. The van der Waals surface area contributed by atoms with Crippen molar-refractivity contribution in [1.82, 2.24) is 15.0 Å². The maximum Gasteiger partial charge on any atom is 0.259 e. The van der Waals surface area contributed by atoms with Crippen LogP contribution in [-0.4, -0.2) is 20.9 Å². The number of carbonyl (C=O) groups excluding carboxylic acids is 1. The predicted octanol–water partition coefficient (Wildman–Crippen LogP) is 2.52. The molecule has 5 heteroatoms. The molecule has 0 aliphatic rings. The molecular formula is C14H12N4O. The summed E-state index contributed by atoms with van der Waals surface area (Å²) in [7, 11) is 0. The molecule has 3 aromatic rings. The number of imidazole rings is 1. The Morgan fingerprint density at radius 3 is 2.84 bits per heavy atom. The lowest BCUT2D eigenvalue weighted by molar-refractivity contribution is 0.102. The van der Waals surface area contributed by atoms with E-state index in [1.54, 1.807) is 25.3 Å². The highest BCUT2D eigenvalue weighted by Crippen LogP contribution is 2.14. The molecule has 94 valence electrons. The highest BCUT2D eigenvalue weighted by Gasteiger charge is 2.11. The molecular weight excluding hydrogens is 240 g/mol. The molecule has 5 nitrogen and oxygen atoms in total. The fourth-order valence-corrected chi connectivity index (χ4v) is 1.91. The normalized spacial score (nSPS) is 10.6. The van der Waals surface area contributed by atoms with Crippen molar-refractivity contribution < 1.29 is 4.79 Å². The van der Waals surface area contributed by atoms with Gasteiger partial charge in [0.15, 0.2) is 0 Å². The van der Waals surface area contributed by atoms with Crippen LogP contribution in [0.5, 0.6) is 0 Å². The van der Waals surface area contributed by atoms with Gasteiger partial charge < -0.3 is 4.98 Å². The Bertz CT molecular complexity index is 715. The molecule has 0 fully saturated rings. The number of carbonyl (C=O) groups is 1. The molecule has 0 saturated heterocycles. The Balaban J connectivity index is 1.89. The molecule has 19 heavy (non-hydrogen) atoms. The quantitative estimate of drug-likeness (QED) is 0.736. The van der Waals surface area contributed by atoms with E-state index in [9.17, 15) is 4.79 Å². The van der Waals surface area contributed by atoms with Crippen LogP contribution in [-0.2, 0) is 0 Å². The monoisotopic (exact) mass is 252 g/mol. The fraction of sp³-hybridized carbons (Fsp3) is 0.0714. The van der Waals surface area contributed by atoms with Crippen LogP contribution in [0.1, 0.15) is 16.1 Å². The number of H-pyrrole nitrogens is 1. The second-order valence-electron chi connectivity index (χ2n) is 4.19. The van der Waals surface area contributed by atoms with E-state index in [0.29, 0.717) is 17.2 Å². The summed E-state index contributed by atoms with van der Waals surface area (Å²) in [5.74, 6) is 0.221. The molecule has 0 aliphatic heterocycles. The summed E-state index contributed by atoms with van der Waals surface area (Å²) in [6.45, 7) is 1.80. The Labute approximate surface area is 109 Å². The van der Waals surface area contributed by atoms with Gasteiger partial charge in [-0.2, -0.15) is 0 Å². The van der Waals surface area contributed by atoms with Crippen LogP contribution in [0, 0.1) is 6.92 Å². The van der Waals surface area contributed by atoms with Crippen molar-refractivity contribution in [2.45, 2.75) is 6.92 Å². The van der Waals surface area contributed by atoms with Gasteiger partial charge in [-0.3, -0.25) is 15.1 Å². The van der Waals surface area contributed by atoms with Crippen molar-refractivity contribution >= 4 is 22.9 Å². The van der Waals surface area contributed by atoms with E-state index < -0.39 is 0 Å². The zero-order chi connectivity index (χ0) is 13.2. The van der Waals surface area contributed by atoms with Crippen LogP contribution < -0.4 is 5.32 Å². The summed E-state index contributed by atoms with van der Waals surface area (Å²) >= 11 is 0. The summed E-state index contributed by atoms with van der Waals surface area (Å²) in [6, 6.07) is 11.1. The predicted molar refractivity (Wildman–Crippen MR) is 73.0 cm³/mol. The number of nitrogens with zero attached hydrogens (tertiary/aromatic N) is 2. The van der Waals surface area contributed by atoms with Crippen LogP contribution in [0.3, 0.4) is 0 Å². The third kappa shape index (κ3) is 2.18. The lowest BCUT2D eigenvalue weighted by atomic mass is 10.2. The van der Waals surface area contributed by atoms with Gasteiger partial charge in [0.25, 0.3) is 5.91 Å². The molecule has 0 radical (unpaired) electrons. The number of hydrogen-bond donors (Lipinski definition) is 2. The van der Waals surface area contributed by atoms with Crippen LogP contribution in [0.2, 0.25) is 0 Å². The van der Waals surface area contributed by atoms with Crippen LogP contribution in [0.15, 0.2) is 42.6 Å². The summed E-state index contributed by atoms with van der Waals surface area (Å²) in [5, 5.41) is 2.74. The first-order chi connectivity index (χ1) is 9.24. The largest absolute Gasteiger partial charge is 0.324 e. The first kappa shape index (κ1) is 11.4. The molecule has 0 spiro atoms. The fourth-order valence-electron chi connectivity index (χ4n) is 1.91. The Hall–Kier alpha value is -2.69. The van der Waals surface area contributed by atoms with E-state index in [1.807, 2.05) is 24.3 Å². The van der Waals surface area contributed by atoms with Crippen molar-refractivity contribution in [1.29, 1.82) is 0 Å². The SMILES string of the molecule is Cc1ncccc1C(=O)Nc1nc2ccccc2[nH]1. The third-order valence-electron chi connectivity index (χ3n) is 2.87. The molecule has 0 aliphatic carbocycles. The standard InChI is InChI=1S/C14H12N4O/c1-9-10(5-4-8-15-9)13(19)18-14-16-11-6-2-3-7-12(11)17-14/h2-8H,1H3,(H2,16,17,18,19). The topological polar surface area (TPSA) is 70.7 Å². The number of para-hydroxylation sites is 2. The van der Waals surface area contributed by atoms with Crippen LogP contribution >= 0.6 is 0 Å². The average Bonchev–Trinajstić information content (AvgIpc) is 2.81. The maximum absolute atomic E-state index is 12.1. The zero-order valence-corrected chi connectivity index (χ0v) is 10.3. The van der Waals surface area contributed by atoms with E-state index >= 15 is 0 Å². The lowest BCUT2D eigenvalue weighted by Crippen LogP contribution is -2.14. The Kier molecular flexibility index (Phi) is 2.72. The number of aromatic nitrogens is 3. The molecule has 3 rings (SSSR count). The van der Waals surface area contributed by atoms with Crippen LogP contribution in [0.25, 0.3) is 11.0 Å². The first-order valence-electron chi connectivity index (χ1n) is 5.92. The zero-order valence-electron chi connectivity index (χ0n) is 10.3. The van der Waals surface area contributed by atoms with Gasteiger partial charge in [-0.1, -0.05) is 12.1 Å². The summed E-state index contributed by atoms with van der Waals surface area (Å²) in [4.78, 5) is 23.5. The number of aryl methyl sites for hydroxylation is 1. The third-order valence-corrected chi connectivity index (χ3v) is 2.87. The van der Waals surface area contributed by atoms with Gasteiger partial charge in [-0.25, -0.2) is 4.98 Å². The number of anilines is 1. The smallest absolute Gasteiger partial charge is 0.259 e. The van der Waals surface area contributed by atoms with E-state index in [4.69, 9.17) is 0 Å². The number of hydrogen-bond acceptors (Lipinski definition) is 3. The van der Waals surface area contributed by atoms with Crippen molar-refractivity contribution in [3.05, 3.63) is 53.9 Å². The molecule has 0 unspecified atom stereocenters. The Morgan fingerprint density at radius 1 is 1.21 bits per heavy atom. The first-order valence-corrected chi connectivity index (χ1v) is 5.92. The minimum atomic E-state index is -0.218. The van der Waals surface area contributed by atoms with Crippen molar-refractivity contribution in [2.75, 3.05) is 5.32 Å². The minimum Gasteiger partial charge on any atom is -0.324 e. The van der Waals surface area contributed by atoms with Gasteiger partial charge in [0.1, 0.15) is 0 Å². The number of rotatable bonds is 2.